The summed E-state index contributed by atoms with van der Waals surface area (Å²) in [5.74, 6) is -0.461. The van der Waals surface area contributed by atoms with Crippen molar-refractivity contribution in [1.82, 2.24) is 5.32 Å². The monoisotopic (exact) mass is 380 g/mol. The summed E-state index contributed by atoms with van der Waals surface area (Å²) in [6, 6.07) is 9.67. The average Bonchev–Trinajstić information content (AvgIpc) is 2.67. The molecule has 1 N–H and O–H groups in total. The predicted octanol–water partition coefficient (Wildman–Crippen LogP) is 2.99. The van der Waals surface area contributed by atoms with Gasteiger partial charge in [-0.1, -0.05) is 12.1 Å². The fraction of sp³-hybridized carbons (Fsp3) is 0.190. The SMILES string of the molecule is COc1ccc(OC)c(/C=C2/C(=O)NC(=O)N(c3cc(C)ccc3C)C2=O)c1. The molecule has 2 aromatic rings. The number of ether oxygens (including phenoxy) is 2. The van der Waals surface area contributed by atoms with Crippen molar-refractivity contribution in [2.75, 3.05) is 19.1 Å². The number of anilines is 1. The third-order valence-electron chi connectivity index (χ3n) is 4.44. The normalized spacial score (nSPS) is 15.6. The van der Waals surface area contributed by atoms with Gasteiger partial charge in [0.1, 0.15) is 17.1 Å². The molecule has 2 aromatic carbocycles. The molecule has 28 heavy (non-hydrogen) atoms. The van der Waals surface area contributed by atoms with Crippen LogP contribution in [-0.2, 0) is 9.59 Å². The second-order valence-corrected chi connectivity index (χ2v) is 6.36. The lowest BCUT2D eigenvalue weighted by Crippen LogP contribution is -2.54. The second kappa shape index (κ2) is 7.56. The molecule has 0 atom stereocenters. The zero-order valence-electron chi connectivity index (χ0n) is 16.0. The number of nitrogens with zero attached hydrogens (tertiary/aromatic N) is 1. The Labute approximate surface area is 162 Å². The van der Waals surface area contributed by atoms with E-state index in [-0.39, 0.29) is 5.57 Å². The van der Waals surface area contributed by atoms with Crippen molar-refractivity contribution in [3.8, 4) is 11.5 Å². The van der Waals surface area contributed by atoms with Gasteiger partial charge in [0, 0.05) is 5.56 Å². The van der Waals surface area contributed by atoms with E-state index in [1.807, 2.05) is 19.1 Å². The molecule has 7 nitrogen and oxygen atoms in total. The van der Waals surface area contributed by atoms with Gasteiger partial charge in [0.05, 0.1) is 19.9 Å². The van der Waals surface area contributed by atoms with Gasteiger partial charge in [-0.2, -0.15) is 0 Å². The standard InChI is InChI=1S/C21H20N2O5/c1-12-5-6-13(2)17(9-12)23-20(25)16(19(24)22-21(23)26)11-14-10-15(27-3)7-8-18(14)28-4/h5-11H,1-4H3,(H,22,24,26)/b16-11-. The number of methoxy groups -OCH3 is 2. The number of benzene rings is 2. The third-order valence-corrected chi connectivity index (χ3v) is 4.44. The number of aryl methyl sites for hydroxylation is 2. The minimum atomic E-state index is -0.779. The molecule has 7 heteroatoms. The molecule has 0 aromatic heterocycles. The highest BCUT2D eigenvalue weighted by molar-refractivity contribution is 6.39. The van der Waals surface area contributed by atoms with E-state index in [9.17, 15) is 14.4 Å². The number of nitrogens with one attached hydrogen (secondary N) is 1. The van der Waals surface area contributed by atoms with Crippen LogP contribution in [0, 0.1) is 13.8 Å². The quantitative estimate of drug-likeness (QED) is 0.651. The van der Waals surface area contributed by atoms with Crippen LogP contribution in [0.3, 0.4) is 0 Å². The lowest BCUT2D eigenvalue weighted by atomic mass is 10.0. The maximum Gasteiger partial charge on any atom is 0.335 e. The number of rotatable bonds is 4. The van der Waals surface area contributed by atoms with Crippen molar-refractivity contribution in [3.05, 3.63) is 58.7 Å². The first kappa shape index (κ1) is 19.2. The molecule has 0 bridgehead atoms. The second-order valence-electron chi connectivity index (χ2n) is 6.36. The highest BCUT2D eigenvalue weighted by Crippen LogP contribution is 2.29. The molecule has 1 aliphatic rings. The van der Waals surface area contributed by atoms with Gasteiger partial charge in [-0.05, 0) is 55.3 Å². The Morgan fingerprint density at radius 2 is 1.71 bits per heavy atom. The molecule has 1 aliphatic heterocycles. The molecule has 0 saturated carbocycles. The zero-order valence-corrected chi connectivity index (χ0v) is 16.0. The Kier molecular flexibility index (Phi) is 5.17. The van der Waals surface area contributed by atoms with Crippen LogP contribution in [-0.4, -0.2) is 32.1 Å². The van der Waals surface area contributed by atoms with Gasteiger partial charge >= 0.3 is 6.03 Å². The number of urea groups is 1. The molecule has 144 valence electrons. The first-order valence-electron chi connectivity index (χ1n) is 8.56. The average molecular weight is 380 g/mol. The summed E-state index contributed by atoms with van der Waals surface area (Å²) in [6.45, 7) is 3.65. The molecule has 1 saturated heterocycles. The molecule has 4 amide bonds. The predicted molar refractivity (Wildman–Crippen MR) is 104 cm³/mol. The van der Waals surface area contributed by atoms with Gasteiger partial charge in [-0.15, -0.1) is 0 Å². The van der Waals surface area contributed by atoms with E-state index in [0.29, 0.717) is 22.7 Å². The third kappa shape index (κ3) is 3.46. The van der Waals surface area contributed by atoms with Gasteiger partial charge in [-0.3, -0.25) is 14.9 Å². The van der Waals surface area contributed by atoms with Crippen LogP contribution in [0.2, 0.25) is 0 Å². The Morgan fingerprint density at radius 3 is 2.39 bits per heavy atom. The number of carbonyl (C=O) groups is 3. The van der Waals surface area contributed by atoms with E-state index in [1.54, 1.807) is 31.2 Å². The van der Waals surface area contributed by atoms with Crippen LogP contribution >= 0.6 is 0 Å². The number of amides is 4. The first-order valence-corrected chi connectivity index (χ1v) is 8.56. The summed E-state index contributed by atoms with van der Waals surface area (Å²) in [5, 5.41) is 2.23. The summed E-state index contributed by atoms with van der Waals surface area (Å²) in [7, 11) is 3.00. The molecular weight excluding hydrogens is 360 g/mol. The Hall–Kier alpha value is -3.61. The minimum absolute atomic E-state index is 0.174. The Balaban J connectivity index is 2.10. The summed E-state index contributed by atoms with van der Waals surface area (Å²) < 4.78 is 10.5. The van der Waals surface area contributed by atoms with Crippen LogP contribution in [0.15, 0.2) is 42.0 Å². The summed E-state index contributed by atoms with van der Waals surface area (Å²) in [6.07, 6.45) is 1.39. The molecule has 0 unspecified atom stereocenters. The summed E-state index contributed by atoms with van der Waals surface area (Å²) in [5.41, 5.74) is 2.36. The lowest BCUT2D eigenvalue weighted by Gasteiger charge is -2.28. The fourth-order valence-corrected chi connectivity index (χ4v) is 2.94. The number of hydrogen-bond acceptors (Lipinski definition) is 5. The Morgan fingerprint density at radius 1 is 0.964 bits per heavy atom. The molecule has 1 heterocycles. The van der Waals surface area contributed by atoms with Gasteiger partial charge in [0.15, 0.2) is 0 Å². The van der Waals surface area contributed by atoms with Gasteiger partial charge < -0.3 is 9.47 Å². The van der Waals surface area contributed by atoms with E-state index in [0.717, 1.165) is 16.0 Å². The van der Waals surface area contributed by atoms with Gasteiger partial charge in [-0.25, -0.2) is 9.69 Å². The van der Waals surface area contributed by atoms with Gasteiger partial charge in [0.25, 0.3) is 11.8 Å². The Bertz CT molecular complexity index is 1010. The van der Waals surface area contributed by atoms with Crippen molar-refractivity contribution in [2.45, 2.75) is 13.8 Å². The van der Waals surface area contributed by atoms with Crippen LogP contribution in [0.4, 0.5) is 10.5 Å². The van der Waals surface area contributed by atoms with Crippen molar-refractivity contribution in [3.63, 3.8) is 0 Å². The summed E-state index contributed by atoms with van der Waals surface area (Å²) >= 11 is 0. The highest BCUT2D eigenvalue weighted by atomic mass is 16.5. The van der Waals surface area contributed by atoms with Crippen LogP contribution in [0.1, 0.15) is 16.7 Å². The molecule has 3 rings (SSSR count). The zero-order chi connectivity index (χ0) is 20.4. The first-order chi connectivity index (χ1) is 13.3. The maximum absolute atomic E-state index is 13.1. The number of barbiturate groups is 1. The van der Waals surface area contributed by atoms with E-state index < -0.39 is 17.8 Å². The maximum atomic E-state index is 13.1. The summed E-state index contributed by atoms with van der Waals surface area (Å²) in [4.78, 5) is 38.8. The van der Waals surface area contributed by atoms with E-state index in [2.05, 4.69) is 5.32 Å². The highest BCUT2D eigenvalue weighted by Gasteiger charge is 2.37. The molecule has 0 spiro atoms. The number of hydrogen-bond donors (Lipinski definition) is 1. The van der Waals surface area contributed by atoms with Crippen molar-refractivity contribution in [1.29, 1.82) is 0 Å². The molecule has 0 aliphatic carbocycles. The largest absolute Gasteiger partial charge is 0.497 e. The number of imide groups is 2. The topological polar surface area (TPSA) is 84.9 Å². The lowest BCUT2D eigenvalue weighted by molar-refractivity contribution is -0.122. The van der Waals surface area contributed by atoms with Crippen molar-refractivity contribution in [2.24, 2.45) is 0 Å². The molecule has 1 fully saturated rings. The smallest absolute Gasteiger partial charge is 0.335 e. The van der Waals surface area contributed by atoms with Crippen LogP contribution in [0.5, 0.6) is 11.5 Å². The van der Waals surface area contributed by atoms with Crippen LogP contribution < -0.4 is 19.7 Å². The number of carbonyl (C=O) groups excluding carboxylic acids is 3. The molecular formula is C21H20N2O5. The van der Waals surface area contributed by atoms with Crippen molar-refractivity contribution >= 4 is 29.6 Å². The minimum Gasteiger partial charge on any atom is -0.497 e. The van der Waals surface area contributed by atoms with Crippen molar-refractivity contribution < 1.29 is 23.9 Å². The molecule has 0 radical (unpaired) electrons. The van der Waals surface area contributed by atoms with Crippen LogP contribution in [0.25, 0.3) is 6.08 Å². The van der Waals surface area contributed by atoms with E-state index in [4.69, 9.17) is 9.47 Å². The van der Waals surface area contributed by atoms with Gasteiger partial charge in [0.2, 0.25) is 0 Å². The fourth-order valence-electron chi connectivity index (χ4n) is 2.94. The van der Waals surface area contributed by atoms with E-state index >= 15 is 0 Å². The van der Waals surface area contributed by atoms with E-state index in [1.165, 1.54) is 20.3 Å².